The quantitative estimate of drug-likeness (QED) is 0.637. The molecule has 0 aliphatic rings. The van der Waals surface area contributed by atoms with Crippen LogP contribution in [0.15, 0.2) is 53.6 Å². The third-order valence-electron chi connectivity index (χ3n) is 3.74. The highest BCUT2D eigenvalue weighted by molar-refractivity contribution is 6.42. The van der Waals surface area contributed by atoms with Gasteiger partial charge in [0.25, 0.3) is 17.4 Å². The first-order valence-corrected chi connectivity index (χ1v) is 8.71. The van der Waals surface area contributed by atoms with E-state index in [0.717, 1.165) is 0 Å². The van der Waals surface area contributed by atoms with Gasteiger partial charge in [0.15, 0.2) is 0 Å². The van der Waals surface area contributed by atoms with Crippen LogP contribution in [-0.4, -0.2) is 34.3 Å². The number of nitrogens with one attached hydrogen (secondary N) is 2. The molecule has 0 bridgehead atoms. The van der Waals surface area contributed by atoms with E-state index in [1.807, 2.05) is 0 Å². The summed E-state index contributed by atoms with van der Waals surface area (Å²) in [5.41, 5.74) is 0.271. The molecule has 0 saturated heterocycles. The maximum atomic E-state index is 12.3. The molecule has 2 amide bonds. The zero-order valence-corrected chi connectivity index (χ0v) is 15.4. The molecule has 0 saturated carbocycles. The van der Waals surface area contributed by atoms with Crippen LogP contribution in [-0.2, 0) is 0 Å². The van der Waals surface area contributed by atoms with Crippen LogP contribution in [0.3, 0.4) is 0 Å². The molecule has 0 radical (unpaired) electrons. The third kappa shape index (κ3) is 4.27. The number of rotatable bonds is 5. The first-order chi connectivity index (χ1) is 13.0. The van der Waals surface area contributed by atoms with Gasteiger partial charge < -0.3 is 10.6 Å². The van der Waals surface area contributed by atoms with Crippen LogP contribution < -0.4 is 16.2 Å². The number of carbonyl (C=O) groups is 2. The van der Waals surface area contributed by atoms with E-state index >= 15 is 0 Å². The number of benzene rings is 1. The normalized spacial score (nSPS) is 10.6. The fourth-order valence-corrected chi connectivity index (χ4v) is 2.67. The summed E-state index contributed by atoms with van der Waals surface area (Å²) in [6, 6.07) is 9.63. The van der Waals surface area contributed by atoms with Gasteiger partial charge in [-0.1, -0.05) is 29.3 Å². The maximum absolute atomic E-state index is 12.3. The lowest BCUT2D eigenvalue weighted by Gasteiger charge is -2.08. The summed E-state index contributed by atoms with van der Waals surface area (Å²) in [5, 5.41) is 5.86. The van der Waals surface area contributed by atoms with Crippen molar-refractivity contribution in [3.8, 4) is 0 Å². The van der Waals surface area contributed by atoms with Crippen LogP contribution in [0.1, 0.15) is 20.7 Å². The van der Waals surface area contributed by atoms with Crippen molar-refractivity contribution < 1.29 is 9.59 Å². The predicted octanol–water partition coefficient (Wildman–Crippen LogP) is 2.16. The van der Waals surface area contributed by atoms with E-state index in [-0.39, 0.29) is 29.6 Å². The Morgan fingerprint density at radius 3 is 2.48 bits per heavy atom. The number of carbonyl (C=O) groups excluding carboxylic acids is 2. The molecule has 9 heteroatoms. The molecule has 0 atom stereocenters. The van der Waals surface area contributed by atoms with Crippen LogP contribution in [0.2, 0.25) is 10.0 Å². The molecule has 2 aromatic heterocycles. The highest BCUT2D eigenvalue weighted by Gasteiger charge is 2.13. The summed E-state index contributed by atoms with van der Waals surface area (Å²) in [6.45, 7) is 0.315. The zero-order chi connectivity index (χ0) is 19.4. The summed E-state index contributed by atoms with van der Waals surface area (Å²) in [5.74, 6) is -0.912. The monoisotopic (exact) mass is 404 g/mol. The largest absolute Gasteiger partial charge is 0.350 e. The highest BCUT2D eigenvalue weighted by Crippen LogP contribution is 2.22. The number of pyridine rings is 1. The molecular weight excluding hydrogens is 391 g/mol. The molecule has 7 nitrogen and oxygen atoms in total. The molecule has 2 heterocycles. The van der Waals surface area contributed by atoms with Crippen LogP contribution >= 0.6 is 23.2 Å². The van der Waals surface area contributed by atoms with Gasteiger partial charge in [-0.15, -0.1) is 0 Å². The molecule has 0 unspecified atom stereocenters. The number of aromatic nitrogens is 2. The Labute approximate surface area is 163 Å². The first-order valence-electron chi connectivity index (χ1n) is 7.95. The van der Waals surface area contributed by atoms with Crippen molar-refractivity contribution >= 4 is 40.7 Å². The summed E-state index contributed by atoms with van der Waals surface area (Å²) < 4.78 is 1.29. The van der Waals surface area contributed by atoms with Crippen molar-refractivity contribution in [2.75, 3.05) is 13.1 Å². The fourth-order valence-electron chi connectivity index (χ4n) is 2.37. The van der Waals surface area contributed by atoms with E-state index in [1.54, 1.807) is 30.5 Å². The van der Waals surface area contributed by atoms with Gasteiger partial charge >= 0.3 is 0 Å². The summed E-state index contributed by atoms with van der Waals surface area (Å²) in [7, 11) is 0. The van der Waals surface area contributed by atoms with Gasteiger partial charge in [0, 0.05) is 31.0 Å². The molecule has 0 spiro atoms. The third-order valence-corrected chi connectivity index (χ3v) is 4.48. The van der Waals surface area contributed by atoms with Crippen LogP contribution in [0.25, 0.3) is 5.65 Å². The molecule has 2 N–H and O–H groups in total. The second-order valence-electron chi connectivity index (χ2n) is 5.55. The van der Waals surface area contributed by atoms with E-state index in [0.29, 0.717) is 16.2 Å². The highest BCUT2D eigenvalue weighted by atomic mass is 35.5. The van der Waals surface area contributed by atoms with Crippen molar-refractivity contribution in [1.29, 1.82) is 0 Å². The lowest BCUT2D eigenvalue weighted by molar-refractivity contribution is 0.0926. The van der Waals surface area contributed by atoms with Gasteiger partial charge in [-0.2, -0.15) is 0 Å². The van der Waals surface area contributed by atoms with Crippen molar-refractivity contribution in [1.82, 2.24) is 20.0 Å². The molecule has 0 aliphatic heterocycles. The van der Waals surface area contributed by atoms with Gasteiger partial charge in [-0.05, 0) is 30.3 Å². The summed E-state index contributed by atoms with van der Waals surface area (Å²) in [4.78, 5) is 40.6. The zero-order valence-electron chi connectivity index (χ0n) is 13.9. The van der Waals surface area contributed by atoms with E-state index in [4.69, 9.17) is 23.2 Å². The second kappa shape index (κ2) is 8.20. The Morgan fingerprint density at radius 1 is 1.00 bits per heavy atom. The molecule has 3 aromatic rings. The Kier molecular flexibility index (Phi) is 5.73. The Balaban J connectivity index is 1.57. The van der Waals surface area contributed by atoms with Gasteiger partial charge in [-0.25, -0.2) is 4.98 Å². The van der Waals surface area contributed by atoms with E-state index in [1.165, 1.54) is 22.7 Å². The second-order valence-corrected chi connectivity index (χ2v) is 6.36. The molecule has 3 rings (SSSR count). The maximum Gasteiger partial charge on any atom is 0.270 e. The minimum atomic E-state index is -0.561. The first kappa shape index (κ1) is 18.9. The van der Waals surface area contributed by atoms with Gasteiger partial charge in [0.05, 0.1) is 10.0 Å². The molecule has 1 aromatic carbocycles. The van der Waals surface area contributed by atoms with Crippen LogP contribution in [0.4, 0.5) is 0 Å². The Morgan fingerprint density at radius 2 is 1.74 bits per heavy atom. The van der Waals surface area contributed by atoms with E-state index in [9.17, 15) is 14.4 Å². The summed E-state index contributed by atoms with van der Waals surface area (Å²) in [6.07, 6.45) is 2.78. The molecule has 0 fully saturated rings. The van der Waals surface area contributed by atoms with Gasteiger partial charge in [0.1, 0.15) is 11.2 Å². The molecule has 138 valence electrons. The average Bonchev–Trinajstić information content (AvgIpc) is 2.67. The number of hydrogen-bond acceptors (Lipinski definition) is 4. The van der Waals surface area contributed by atoms with E-state index in [2.05, 4.69) is 15.6 Å². The molecule has 0 aliphatic carbocycles. The van der Waals surface area contributed by atoms with Crippen molar-refractivity contribution in [2.24, 2.45) is 0 Å². The molecule has 27 heavy (non-hydrogen) atoms. The van der Waals surface area contributed by atoms with Gasteiger partial charge in [0.2, 0.25) is 0 Å². The van der Waals surface area contributed by atoms with Crippen molar-refractivity contribution in [2.45, 2.75) is 0 Å². The minimum Gasteiger partial charge on any atom is -0.350 e. The topological polar surface area (TPSA) is 92.6 Å². The summed E-state index contributed by atoms with van der Waals surface area (Å²) >= 11 is 11.7. The molecular formula is C18H14Cl2N4O3. The lowest BCUT2D eigenvalue weighted by atomic mass is 10.2. The minimum absolute atomic E-state index is 0.0745. The smallest absolute Gasteiger partial charge is 0.270 e. The average molecular weight is 405 g/mol. The number of nitrogens with zero attached hydrogens (tertiary/aromatic N) is 2. The lowest BCUT2D eigenvalue weighted by Crippen LogP contribution is -2.37. The number of halogens is 2. The van der Waals surface area contributed by atoms with Crippen molar-refractivity contribution in [3.63, 3.8) is 0 Å². The fraction of sp³-hybridized carbons (Fsp3) is 0.111. The van der Waals surface area contributed by atoms with Gasteiger partial charge in [-0.3, -0.25) is 18.8 Å². The number of fused-ring (bicyclic) bond motifs is 1. The Bertz CT molecular complexity index is 1080. The van der Waals surface area contributed by atoms with Crippen LogP contribution in [0.5, 0.6) is 0 Å². The standard InChI is InChI=1S/C18H14Cl2N4O3/c19-13-5-4-11(9-14(13)20)16(25)21-6-7-22-17(26)12-10-23-15-3-1-2-8-24(15)18(12)27/h1-5,8-10H,6-7H2,(H,21,25)(H,22,26). The van der Waals surface area contributed by atoms with Crippen molar-refractivity contribution in [3.05, 3.63) is 80.3 Å². The predicted molar refractivity (Wildman–Crippen MR) is 103 cm³/mol. The number of amides is 2. The Hall–Kier alpha value is -2.90. The SMILES string of the molecule is O=C(NCCNC(=O)c1cnc2ccccn2c1=O)c1ccc(Cl)c(Cl)c1. The van der Waals surface area contributed by atoms with E-state index < -0.39 is 11.5 Å². The number of hydrogen-bond donors (Lipinski definition) is 2. The van der Waals surface area contributed by atoms with Crippen LogP contribution in [0, 0.1) is 0 Å².